The lowest BCUT2D eigenvalue weighted by atomic mass is 9.85. The number of amides is 1. The summed E-state index contributed by atoms with van der Waals surface area (Å²) < 4.78 is 5.45. The molecular formula is C21H31NO5Si. The van der Waals surface area contributed by atoms with Crippen LogP contribution in [0.2, 0.25) is 19.6 Å². The van der Waals surface area contributed by atoms with E-state index in [1.807, 2.05) is 18.7 Å². The van der Waals surface area contributed by atoms with E-state index in [-0.39, 0.29) is 18.4 Å². The second kappa shape index (κ2) is 7.61. The molecule has 2 aliphatic rings. The standard InChI is InChI=1S/C21H31NO5Si/c1-12-15-10-17(23)22(14-6-8-27-9-7-14)11-16(15)13(2)20(28(3,4)5)18(12)19(24)21(25)26/h14,19,24H,6-11H2,1-5H3,(H,25,26)/t19-/m0/s1. The molecule has 28 heavy (non-hydrogen) atoms. The Labute approximate surface area is 167 Å². The van der Waals surface area contributed by atoms with Gasteiger partial charge in [0.25, 0.3) is 0 Å². The van der Waals surface area contributed by atoms with Crippen molar-refractivity contribution in [2.45, 2.75) is 71.4 Å². The number of hydrogen-bond acceptors (Lipinski definition) is 4. The van der Waals surface area contributed by atoms with Gasteiger partial charge >= 0.3 is 5.97 Å². The zero-order valence-electron chi connectivity index (χ0n) is 17.5. The number of rotatable bonds is 4. The number of benzene rings is 1. The van der Waals surface area contributed by atoms with Crippen LogP contribution in [0.25, 0.3) is 0 Å². The predicted molar refractivity (Wildman–Crippen MR) is 110 cm³/mol. The highest BCUT2D eigenvalue weighted by molar-refractivity contribution is 6.89. The zero-order valence-corrected chi connectivity index (χ0v) is 18.5. The van der Waals surface area contributed by atoms with E-state index >= 15 is 0 Å². The molecule has 1 saturated heterocycles. The van der Waals surface area contributed by atoms with Crippen molar-refractivity contribution >= 4 is 25.1 Å². The average Bonchev–Trinajstić information content (AvgIpc) is 2.63. The van der Waals surface area contributed by atoms with E-state index in [0.717, 1.165) is 40.3 Å². The second-order valence-electron chi connectivity index (χ2n) is 9.03. The molecule has 6 nitrogen and oxygen atoms in total. The molecule has 0 aliphatic carbocycles. The van der Waals surface area contributed by atoms with Gasteiger partial charge in [0.15, 0.2) is 6.10 Å². The number of carbonyl (C=O) groups excluding carboxylic acids is 1. The average molecular weight is 406 g/mol. The summed E-state index contributed by atoms with van der Waals surface area (Å²) in [4.78, 5) is 26.5. The largest absolute Gasteiger partial charge is 0.479 e. The van der Waals surface area contributed by atoms with Crippen molar-refractivity contribution < 1.29 is 24.5 Å². The maximum atomic E-state index is 12.9. The maximum absolute atomic E-state index is 12.9. The Morgan fingerprint density at radius 3 is 2.29 bits per heavy atom. The van der Waals surface area contributed by atoms with Gasteiger partial charge in [0, 0.05) is 25.8 Å². The Morgan fingerprint density at radius 1 is 1.14 bits per heavy atom. The van der Waals surface area contributed by atoms with Crippen molar-refractivity contribution in [3.05, 3.63) is 27.8 Å². The van der Waals surface area contributed by atoms with Gasteiger partial charge in [0.05, 0.1) is 14.5 Å². The number of aliphatic hydroxyl groups excluding tert-OH is 1. The molecule has 2 aliphatic heterocycles. The molecule has 2 N–H and O–H groups in total. The normalized spacial score (nSPS) is 19.5. The van der Waals surface area contributed by atoms with Crippen LogP contribution in [0.15, 0.2) is 0 Å². The Kier molecular flexibility index (Phi) is 5.71. The van der Waals surface area contributed by atoms with Crippen molar-refractivity contribution in [2.75, 3.05) is 13.2 Å². The van der Waals surface area contributed by atoms with Gasteiger partial charge in [-0.1, -0.05) is 24.8 Å². The first-order valence-electron chi connectivity index (χ1n) is 9.97. The highest BCUT2D eigenvalue weighted by atomic mass is 28.3. The number of carbonyl (C=O) groups is 2. The van der Waals surface area contributed by atoms with Crippen LogP contribution < -0.4 is 5.19 Å². The molecule has 1 atom stereocenters. The summed E-state index contributed by atoms with van der Waals surface area (Å²) in [5.74, 6) is -1.16. The third-order valence-corrected chi connectivity index (χ3v) is 8.33. The van der Waals surface area contributed by atoms with Crippen molar-refractivity contribution in [3.63, 3.8) is 0 Å². The van der Waals surface area contributed by atoms with E-state index in [0.29, 0.717) is 25.3 Å². The van der Waals surface area contributed by atoms with E-state index in [9.17, 15) is 19.8 Å². The van der Waals surface area contributed by atoms with Crippen molar-refractivity contribution in [1.82, 2.24) is 4.90 Å². The molecule has 0 aromatic heterocycles. The van der Waals surface area contributed by atoms with Crippen LogP contribution in [0.5, 0.6) is 0 Å². The number of carboxylic acids is 1. The van der Waals surface area contributed by atoms with Crippen LogP contribution in [0.1, 0.15) is 46.8 Å². The van der Waals surface area contributed by atoms with E-state index in [1.165, 1.54) is 0 Å². The molecule has 1 fully saturated rings. The molecule has 0 unspecified atom stereocenters. The molecule has 7 heteroatoms. The molecule has 0 saturated carbocycles. The summed E-state index contributed by atoms with van der Waals surface area (Å²) in [6.07, 6.45) is 0.422. The van der Waals surface area contributed by atoms with E-state index in [2.05, 4.69) is 19.6 Å². The fourth-order valence-corrected chi connectivity index (χ4v) is 7.29. The molecule has 1 aromatic carbocycles. The topological polar surface area (TPSA) is 87.1 Å². The summed E-state index contributed by atoms with van der Waals surface area (Å²) in [5.41, 5.74) is 4.38. The van der Waals surface area contributed by atoms with Gasteiger partial charge in [-0.15, -0.1) is 0 Å². The summed E-state index contributed by atoms with van der Waals surface area (Å²) in [5, 5.41) is 21.0. The number of aliphatic hydroxyl groups is 1. The van der Waals surface area contributed by atoms with Gasteiger partial charge in [0.2, 0.25) is 5.91 Å². The molecule has 0 spiro atoms. The number of fused-ring (bicyclic) bond motifs is 1. The lowest BCUT2D eigenvalue weighted by molar-refractivity contribution is -0.146. The summed E-state index contributed by atoms with van der Waals surface area (Å²) >= 11 is 0. The molecule has 0 radical (unpaired) electrons. The Hall–Kier alpha value is -1.70. The van der Waals surface area contributed by atoms with Gasteiger partial charge < -0.3 is 19.8 Å². The molecule has 2 heterocycles. The molecule has 0 bridgehead atoms. The van der Waals surface area contributed by atoms with Crippen molar-refractivity contribution in [3.8, 4) is 0 Å². The number of aliphatic carboxylic acids is 1. The fraction of sp³-hybridized carbons (Fsp3) is 0.619. The van der Waals surface area contributed by atoms with Crippen LogP contribution in [-0.2, 0) is 27.3 Å². The van der Waals surface area contributed by atoms with E-state index in [1.54, 1.807) is 0 Å². The monoisotopic (exact) mass is 405 g/mol. The van der Waals surface area contributed by atoms with Crippen LogP contribution in [0, 0.1) is 13.8 Å². The minimum atomic E-state index is -1.95. The molecule has 1 amide bonds. The summed E-state index contributed by atoms with van der Waals surface area (Å²) in [6.45, 7) is 12.3. The molecular weight excluding hydrogens is 374 g/mol. The molecule has 154 valence electrons. The minimum absolute atomic E-state index is 0.0819. The number of nitrogens with zero attached hydrogens (tertiary/aromatic N) is 1. The predicted octanol–water partition coefficient (Wildman–Crippen LogP) is 2.03. The quantitative estimate of drug-likeness (QED) is 0.749. The highest BCUT2D eigenvalue weighted by Crippen LogP contribution is 2.34. The molecule has 3 rings (SSSR count). The zero-order chi connectivity index (χ0) is 20.8. The second-order valence-corrected chi connectivity index (χ2v) is 14.0. The SMILES string of the molecule is Cc1c2c(c(C)c([Si](C)(C)C)c1[C@H](O)C(=O)O)CN(C1CCOCC1)C(=O)C2. The Bertz CT molecular complexity index is 808. The highest BCUT2D eigenvalue weighted by Gasteiger charge is 2.37. The number of ether oxygens (including phenoxy) is 1. The summed E-state index contributed by atoms with van der Waals surface area (Å²) in [6, 6.07) is 0.203. The van der Waals surface area contributed by atoms with Gasteiger partial charge in [0.1, 0.15) is 0 Å². The van der Waals surface area contributed by atoms with Gasteiger partial charge in [-0.3, -0.25) is 4.79 Å². The van der Waals surface area contributed by atoms with Crippen LogP contribution in [-0.4, -0.2) is 54.3 Å². The minimum Gasteiger partial charge on any atom is -0.479 e. The number of hydrogen-bond donors (Lipinski definition) is 2. The lowest BCUT2D eigenvalue weighted by Gasteiger charge is -2.40. The first kappa shape index (κ1) is 21.0. The van der Waals surface area contributed by atoms with Crippen LogP contribution in [0.3, 0.4) is 0 Å². The van der Waals surface area contributed by atoms with Gasteiger partial charge in [-0.25, -0.2) is 4.79 Å². The smallest absolute Gasteiger partial charge is 0.337 e. The van der Waals surface area contributed by atoms with Crippen molar-refractivity contribution in [2.24, 2.45) is 0 Å². The lowest BCUT2D eigenvalue weighted by Crippen LogP contribution is -2.49. The van der Waals surface area contributed by atoms with E-state index in [4.69, 9.17) is 4.74 Å². The number of carboxylic acid groups (broad SMARTS) is 1. The maximum Gasteiger partial charge on any atom is 0.337 e. The first-order valence-corrected chi connectivity index (χ1v) is 13.5. The van der Waals surface area contributed by atoms with Crippen LogP contribution in [0.4, 0.5) is 0 Å². The summed E-state index contributed by atoms with van der Waals surface area (Å²) in [7, 11) is -1.95. The Morgan fingerprint density at radius 2 is 1.75 bits per heavy atom. The third kappa shape index (κ3) is 3.63. The third-order valence-electron chi connectivity index (χ3n) is 6.18. The fourth-order valence-electron chi connectivity index (χ4n) is 4.88. The van der Waals surface area contributed by atoms with Crippen molar-refractivity contribution in [1.29, 1.82) is 0 Å². The Balaban J connectivity index is 2.16. The first-order chi connectivity index (χ1) is 13.0. The van der Waals surface area contributed by atoms with E-state index < -0.39 is 20.1 Å². The van der Waals surface area contributed by atoms with Crippen LogP contribution >= 0.6 is 0 Å². The van der Waals surface area contributed by atoms with Gasteiger partial charge in [-0.05, 0) is 54.5 Å². The molecule has 1 aromatic rings. The van der Waals surface area contributed by atoms with Gasteiger partial charge in [-0.2, -0.15) is 0 Å².